The molecular formula is C8H15NO2. The summed E-state index contributed by atoms with van der Waals surface area (Å²) >= 11 is 0. The monoisotopic (exact) mass is 157 g/mol. The molecule has 1 rings (SSSR count). The fraction of sp³-hybridized carbons (Fsp3) is 0.875. The summed E-state index contributed by atoms with van der Waals surface area (Å²) in [6, 6.07) is 0.321. The third kappa shape index (κ3) is 2.10. The van der Waals surface area contributed by atoms with E-state index in [0.717, 1.165) is 12.8 Å². The van der Waals surface area contributed by atoms with Gasteiger partial charge in [-0.05, 0) is 5.92 Å². The van der Waals surface area contributed by atoms with Gasteiger partial charge in [0.1, 0.15) is 0 Å². The van der Waals surface area contributed by atoms with Crippen molar-refractivity contribution < 1.29 is 9.53 Å². The van der Waals surface area contributed by atoms with Gasteiger partial charge in [-0.2, -0.15) is 0 Å². The summed E-state index contributed by atoms with van der Waals surface area (Å²) in [4.78, 5) is 10.8. The fourth-order valence-corrected chi connectivity index (χ4v) is 1.26. The first-order chi connectivity index (χ1) is 5.24. The number of ether oxygens (including phenoxy) is 1. The van der Waals surface area contributed by atoms with Crippen molar-refractivity contribution in [3.8, 4) is 0 Å². The SMILES string of the molecule is CC[C@H](C)[C@H]1CCOC(=O)N1. The number of alkyl carbamates (subject to hydrolysis) is 1. The number of amides is 1. The Kier molecular flexibility index (Phi) is 2.74. The highest BCUT2D eigenvalue weighted by molar-refractivity contribution is 5.68. The van der Waals surface area contributed by atoms with Crippen molar-refractivity contribution in [2.45, 2.75) is 32.7 Å². The third-order valence-electron chi connectivity index (χ3n) is 2.30. The molecule has 1 aliphatic heterocycles. The van der Waals surface area contributed by atoms with Crippen LogP contribution in [0.2, 0.25) is 0 Å². The maximum atomic E-state index is 10.8. The highest BCUT2D eigenvalue weighted by Gasteiger charge is 2.22. The van der Waals surface area contributed by atoms with E-state index >= 15 is 0 Å². The average molecular weight is 157 g/mol. The molecule has 0 unspecified atom stereocenters. The van der Waals surface area contributed by atoms with Crippen molar-refractivity contribution in [3.63, 3.8) is 0 Å². The van der Waals surface area contributed by atoms with Crippen LogP contribution in [0.3, 0.4) is 0 Å². The van der Waals surface area contributed by atoms with E-state index in [4.69, 9.17) is 4.74 Å². The van der Waals surface area contributed by atoms with Crippen LogP contribution in [-0.4, -0.2) is 18.7 Å². The molecule has 0 spiro atoms. The smallest absolute Gasteiger partial charge is 0.407 e. The van der Waals surface area contributed by atoms with Gasteiger partial charge in [0.05, 0.1) is 6.61 Å². The number of cyclic esters (lactones) is 1. The molecule has 1 fully saturated rings. The van der Waals surface area contributed by atoms with Gasteiger partial charge in [0.25, 0.3) is 0 Å². The molecule has 3 nitrogen and oxygen atoms in total. The van der Waals surface area contributed by atoms with Crippen molar-refractivity contribution >= 4 is 6.09 Å². The Labute approximate surface area is 67.1 Å². The van der Waals surface area contributed by atoms with Crippen LogP contribution in [0.1, 0.15) is 26.7 Å². The van der Waals surface area contributed by atoms with Gasteiger partial charge in [0, 0.05) is 12.5 Å². The summed E-state index contributed by atoms with van der Waals surface area (Å²) in [5, 5.41) is 2.81. The van der Waals surface area contributed by atoms with Gasteiger partial charge >= 0.3 is 6.09 Å². The van der Waals surface area contributed by atoms with Crippen LogP contribution in [0.25, 0.3) is 0 Å². The number of carbonyl (C=O) groups excluding carboxylic acids is 1. The summed E-state index contributed by atoms with van der Waals surface area (Å²) in [6.07, 6.45) is 1.78. The third-order valence-corrected chi connectivity index (χ3v) is 2.30. The minimum absolute atomic E-state index is 0.262. The normalized spacial score (nSPS) is 27.1. The van der Waals surface area contributed by atoms with Crippen molar-refractivity contribution in [2.75, 3.05) is 6.61 Å². The first-order valence-electron chi connectivity index (χ1n) is 4.17. The van der Waals surface area contributed by atoms with Gasteiger partial charge < -0.3 is 10.1 Å². The van der Waals surface area contributed by atoms with Crippen LogP contribution in [0.4, 0.5) is 4.79 Å². The lowest BCUT2D eigenvalue weighted by atomic mass is 9.96. The Bertz CT molecular complexity index is 147. The predicted octanol–water partition coefficient (Wildman–Crippen LogP) is 1.53. The van der Waals surface area contributed by atoms with E-state index in [1.54, 1.807) is 0 Å². The number of hydrogen-bond donors (Lipinski definition) is 1. The Hall–Kier alpha value is -0.730. The summed E-state index contributed by atoms with van der Waals surface area (Å²) in [7, 11) is 0. The molecule has 1 saturated heterocycles. The molecule has 64 valence electrons. The topological polar surface area (TPSA) is 38.3 Å². The van der Waals surface area contributed by atoms with E-state index in [0.29, 0.717) is 18.6 Å². The highest BCUT2D eigenvalue weighted by atomic mass is 16.5. The molecule has 0 aromatic carbocycles. The van der Waals surface area contributed by atoms with Gasteiger partial charge in [-0.15, -0.1) is 0 Å². The molecule has 0 bridgehead atoms. The molecule has 3 heteroatoms. The zero-order valence-electron chi connectivity index (χ0n) is 7.09. The maximum Gasteiger partial charge on any atom is 0.407 e. The van der Waals surface area contributed by atoms with E-state index in [-0.39, 0.29) is 6.09 Å². The zero-order chi connectivity index (χ0) is 8.27. The molecular weight excluding hydrogens is 142 g/mol. The van der Waals surface area contributed by atoms with Crippen molar-refractivity contribution in [1.29, 1.82) is 0 Å². The molecule has 2 atom stereocenters. The quantitative estimate of drug-likeness (QED) is 0.660. The molecule has 0 aliphatic carbocycles. The van der Waals surface area contributed by atoms with Gasteiger partial charge in [-0.25, -0.2) is 4.79 Å². The Morgan fingerprint density at radius 3 is 3.09 bits per heavy atom. The second-order valence-corrected chi connectivity index (χ2v) is 3.06. The lowest BCUT2D eigenvalue weighted by Crippen LogP contribution is -2.44. The molecule has 1 aliphatic rings. The molecule has 0 radical (unpaired) electrons. The summed E-state index contributed by atoms with van der Waals surface area (Å²) in [5.41, 5.74) is 0. The van der Waals surface area contributed by atoms with Crippen LogP contribution in [-0.2, 0) is 4.74 Å². The van der Waals surface area contributed by atoms with Crippen LogP contribution in [0.15, 0.2) is 0 Å². The molecule has 1 amide bonds. The fourth-order valence-electron chi connectivity index (χ4n) is 1.26. The molecule has 0 aromatic rings. The average Bonchev–Trinajstić information content (AvgIpc) is 2.03. The Morgan fingerprint density at radius 2 is 2.55 bits per heavy atom. The van der Waals surface area contributed by atoms with Gasteiger partial charge in [-0.1, -0.05) is 20.3 Å². The minimum atomic E-state index is -0.262. The van der Waals surface area contributed by atoms with Crippen LogP contribution < -0.4 is 5.32 Å². The number of rotatable bonds is 2. The number of carbonyl (C=O) groups is 1. The zero-order valence-corrected chi connectivity index (χ0v) is 7.09. The van der Waals surface area contributed by atoms with E-state index in [1.165, 1.54) is 0 Å². The van der Waals surface area contributed by atoms with Crippen molar-refractivity contribution in [1.82, 2.24) is 5.32 Å². The van der Waals surface area contributed by atoms with E-state index in [1.807, 2.05) is 0 Å². The lowest BCUT2D eigenvalue weighted by Gasteiger charge is -2.27. The summed E-state index contributed by atoms with van der Waals surface area (Å²) < 4.78 is 4.75. The minimum Gasteiger partial charge on any atom is -0.449 e. The highest BCUT2D eigenvalue weighted by Crippen LogP contribution is 2.13. The van der Waals surface area contributed by atoms with Crippen molar-refractivity contribution in [3.05, 3.63) is 0 Å². The van der Waals surface area contributed by atoms with Crippen molar-refractivity contribution in [2.24, 2.45) is 5.92 Å². The molecule has 1 N–H and O–H groups in total. The van der Waals surface area contributed by atoms with E-state index in [9.17, 15) is 4.79 Å². The standard InChI is InChI=1S/C8H15NO2/c1-3-6(2)7-4-5-11-8(10)9-7/h6-7H,3-5H2,1-2H3,(H,9,10)/t6-,7+/m0/s1. The van der Waals surface area contributed by atoms with Crippen LogP contribution in [0, 0.1) is 5.92 Å². The predicted molar refractivity (Wildman–Crippen MR) is 42.3 cm³/mol. The summed E-state index contributed by atoms with van der Waals surface area (Å²) in [6.45, 7) is 4.85. The first kappa shape index (κ1) is 8.37. The molecule has 0 saturated carbocycles. The number of hydrogen-bond acceptors (Lipinski definition) is 2. The summed E-state index contributed by atoms with van der Waals surface area (Å²) in [5.74, 6) is 0.558. The van der Waals surface area contributed by atoms with Gasteiger partial charge in [0.15, 0.2) is 0 Å². The second kappa shape index (κ2) is 3.60. The molecule has 1 heterocycles. The largest absolute Gasteiger partial charge is 0.449 e. The van der Waals surface area contributed by atoms with Gasteiger partial charge in [-0.3, -0.25) is 0 Å². The van der Waals surface area contributed by atoms with Crippen LogP contribution >= 0.6 is 0 Å². The van der Waals surface area contributed by atoms with Gasteiger partial charge in [0.2, 0.25) is 0 Å². The maximum absolute atomic E-state index is 10.8. The second-order valence-electron chi connectivity index (χ2n) is 3.06. The molecule has 11 heavy (non-hydrogen) atoms. The van der Waals surface area contributed by atoms with E-state index in [2.05, 4.69) is 19.2 Å². The lowest BCUT2D eigenvalue weighted by molar-refractivity contribution is 0.105. The Balaban J connectivity index is 2.39. The number of nitrogens with one attached hydrogen (secondary N) is 1. The first-order valence-corrected chi connectivity index (χ1v) is 4.17. The molecule has 0 aromatic heterocycles. The van der Waals surface area contributed by atoms with E-state index < -0.39 is 0 Å². The van der Waals surface area contributed by atoms with Crippen LogP contribution in [0.5, 0.6) is 0 Å². The Morgan fingerprint density at radius 1 is 1.82 bits per heavy atom.